The van der Waals surface area contributed by atoms with Crippen molar-refractivity contribution in [3.05, 3.63) is 12.7 Å². The van der Waals surface area contributed by atoms with Crippen LogP contribution in [0.2, 0.25) is 0 Å². The third kappa shape index (κ3) is 5.28. The van der Waals surface area contributed by atoms with Gasteiger partial charge in [-0.2, -0.15) is 4.90 Å². The van der Waals surface area contributed by atoms with Crippen LogP contribution in [0, 0.1) is 0 Å². The van der Waals surface area contributed by atoms with Gasteiger partial charge in [0, 0.05) is 0 Å². The van der Waals surface area contributed by atoms with Crippen LogP contribution in [-0.2, 0) is 14.2 Å². The zero-order chi connectivity index (χ0) is 23.0. The minimum atomic E-state index is -0.936. The first kappa shape index (κ1) is 22.9. The molecule has 11 nitrogen and oxygen atoms in total. The molecule has 1 unspecified atom stereocenters. The number of amides is 2. The van der Waals surface area contributed by atoms with Gasteiger partial charge in [0.2, 0.25) is 0 Å². The number of aromatic nitrogens is 4. The van der Waals surface area contributed by atoms with Crippen molar-refractivity contribution in [2.24, 2.45) is 0 Å². The molecule has 0 aliphatic carbocycles. The Kier molecular flexibility index (Phi) is 6.19. The number of hydrogen-bond acceptors (Lipinski definition) is 9. The highest BCUT2D eigenvalue weighted by Gasteiger charge is 2.36. The molecule has 0 bridgehead atoms. The summed E-state index contributed by atoms with van der Waals surface area (Å²) in [7, 11) is 0. The monoisotopic (exact) mass is 435 g/mol. The first-order chi connectivity index (χ1) is 14.4. The molecular weight excluding hydrogens is 406 g/mol. The Labute approximate surface area is 180 Å². The summed E-state index contributed by atoms with van der Waals surface area (Å²) < 4.78 is 18.3. The van der Waals surface area contributed by atoms with Gasteiger partial charge in [-0.1, -0.05) is 0 Å². The van der Waals surface area contributed by atoms with Crippen molar-refractivity contribution >= 4 is 29.2 Å². The van der Waals surface area contributed by atoms with Crippen LogP contribution in [0.15, 0.2) is 12.7 Å². The molecule has 0 spiro atoms. The van der Waals surface area contributed by atoms with Crippen molar-refractivity contribution < 1.29 is 28.9 Å². The number of ether oxygens (including phenoxy) is 3. The van der Waals surface area contributed by atoms with Gasteiger partial charge in [0.25, 0.3) is 0 Å². The quantitative estimate of drug-likeness (QED) is 0.772. The van der Waals surface area contributed by atoms with Crippen LogP contribution < -0.4 is 4.90 Å². The summed E-state index contributed by atoms with van der Waals surface area (Å²) in [6.07, 6.45) is 1.59. The zero-order valence-electron chi connectivity index (χ0n) is 18.7. The van der Waals surface area contributed by atoms with Crippen molar-refractivity contribution in [3.63, 3.8) is 0 Å². The Bertz CT molecular complexity index is 933. The second-order valence-electron chi connectivity index (χ2n) is 9.29. The summed E-state index contributed by atoms with van der Waals surface area (Å²) in [6, 6.07) is 0. The van der Waals surface area contributed by atoms with E-state index in [1.165, 1.54) is 12.7 Å². The third-order valence-electron chi connectivity index (χ3n) is 4.30. The molecular formula is C20H29N5O6. The van der Waals surface area contributed by atoms with Gasteiger partial charge >= 0.3 is 12.2 Å². The molecule has 1 aliphatic heterocycles. The number of nitrogens with zero attached hydrogens (tertiary/aromatic N) is 5. The lowest BCUT2D eigenvalue weighted by Crippen LogP contribution is -2.44. The highest BCUT2D eigenvalue weighted by molar-refractivity contribution is 6.12. The average molecular weight is 435 g/mol. The lowest BCUT2D eigenvalue weighted by Gasteiger charge is -2.28. The largest absolute Gasteiger partial charge is 0.443 e. The van der Waals surface area contributed by atoms with Crippen LogP contribution in [0.4, 0.5) is 15.4 Å². The number of imidazole rings is 1. The summed E-state index contributed by atoms with van der Waals surface area (Å²) in [5.41, 5.74) is -1.10. The van der Waals surface area contributed by atoms with Crippen molar-refractivity contribution in [2.45, 2.75) is 77.9 Å². The molecule has 3 heterocycles. The van der Waals surface area contributed by atoms with E-state index in [-0.39, 0.29) is 30.3 Å². The molecule has 0 radical (unpaired) electrons. The number of aliphatic hydroxyl groups is 1. The molecule has 2 aromatic rings. The Morgan fingerprint density at radius 1 is 1.10 bits per heavy atom. The van der Waals surface area contributed by atoms with E-state index in [0.29, 0.717) is 18.5 Å². The van der Waals surface area contributed by atoms with Gasteiger partial charge in [0.15, 0.2) is 17.0 Å². The van der Waals surface area contributed by atoms with Gasteiger partial charge < -0.3 is 19.3 Å². The van der Waals surface area contributed by atoms with E-state index in [1.54, 1.807) is 46.1 Å². The number of hydrogen-bond donors (Lipinski definition) is 1. The van der Waals surface area contributed by atoms with Gasteiger partial charge in [-0.3, -0.25) is 4.57 Å². The molecule has 1 N–H and O–H groups in total. The van der Waals surface area contributed by atoms with Crippen LogP contribution in [-0.4, -0.2) is 60.7 Å². The number of imide groups is 1. The van der Waals surface area contributed by atoms with E-state index in [4.69, 9.17) is 14.2 Å². The Morgan fingerprint density at radius 2 is 1.71 bits per heavy atom. The molecule has 0 saturated carbocycles. The van der Waals surface area contributed by atoms with Crippen LogP contribution in [0.5, 0.6) is 0 Å². The van der Waals surface area contributed by atoms with Gasteiger partial charge in [-0.15, -0.1) is 0 Å². The molecule has 170 valence electrons. The Balaban J connectivity index is 2.03. The molecule has 1 fully saturated rings. The van der Waals surface area contributed by atoms with Crippen LogP contribution >= 0.6 is 0 Å². The van der Waals surface area contributed by atoms with E-state index in [0.717, 1.165) is 4.90 Å². The standard InChI is InChI=1S/C20H29N5O6/c1-19(2,3)30-17(27)25(18(28)31-20(4,5)6)16-14-15(21-10-22-16)24(11-23-14)13-8-7-12(9-26)29-13/h10-13,26H,7-9H2,1-6H3/t12-,13?/m0/s1. The molecule has 0 aromatic carbocycles. The first-order valence-corrected chi connectivity index (χ1v) is 10.1. The van der Waals surface area contributed by atoms with Gasteiger partial charge in [-0.05, 0) is 54.4 Å². The average Bonchev–Trinajstić information content (AvgIpc) is 3.25. The molecule has 2 amide bonds. The van der Waals surface area contributed by atoms with E-state index in [9.17, 15) is 14.7 Å². The number of aliphatic hydroxyl groups excluding tert-OH is 1. The molecule has 1 saturated heterocycles. The highest BCUT2D eigenvalue weighted by Crippen LogP contribution is 2.32. The fourth-order valence-electron chi connectivity index (χ4n) is 3.10. The second-order valence-corrected chi connectivity index (χ2v) is 9.29. The maximum atomic E-state index is 12.9. The first-order valence-electron chi connectivity index (χ1n) is 10.1. The fourth-order valence-corrected chi connectivity index (χ4v) is 3.10. The molecule has 3 rings (SSSR count). The van der Waals surface area contributed by atoms with Crippen LogP contribution in [0.1, 0.15) is 60.6 Å². The number of carbonyl (C=O) groups excluding carboxylic acids is 2. The SMILES string of the molecule is CC(C)(C)OC(=O)N(C(=O)OC(C)(C)C)c1ncnc2c1ncn2C1CC[C@@H](CO)O1. The topological polar surface area (TPSA) is 129 Å². The number of carbonyl (C=O) groups is 2. The van der Waals surface area contributed by atoms with Crippen molar-refractivity contribution in [3.8, 4) is 0 Å². The molecule has 2 atom stereocenters. The maximum absolute atomic E-state index is 12.9. The van der Waals surface area contributed by atoms with E-state index >= 15 is 0 Å². The van der Waals surface area contributed by atoms with E-state index in [2.05, 4.69) is 15.0 Å². The normalized spacial score (nSPS) is 19.5. The number of rotatable bonds is 3. The lowest BCUT2D eigenvalue weighted by molar-refractivity contribution is -0.0207. The Morgan fingerprint density at radius 3 is 2.23 bits per heavy atom. The summed E-state index contributed by atoms with van der Waals surface area (Å²) in [5, 5.41) is 9.33. The fraction of sp³-hybridized carbons (Fsp3) is 0.650. The second kappa shape index (κ2) is 8.39. The predicted octanol–water partition coefficient (Wildman–Crippen LogP) is 3.17. The van der Waals surface area contributed by atoms with E-state index < -0.39 is 23.4 Å². The Hall–Kier alpha value is -2.79. The third-order valence-corrected chi connectivity index (χ3v) is 4.30. The van der Waals surface area contributed by atoms with Crippen molar-refractivity contribution in [1.82, 2.24) is 19.5 Å². The van der Waals surface area contributed by atoms with Gasteiger partial charge in [-0.25, -0.2) is 24.5 Å². The summed E-state index contributed by atoms with van der Waals surface area (Å²) in [4.78, 5) is 39.3. The summed E-state index contributed by atoms with van der Waals surface area (Å²) >= 11 is 0. The van der Waals surface area contributed by atoms with Crippen molar-refractivity contribution in [2.75, 3.05) is 11.5 Å². The minimum absolute atomic E-state index is 0.0519. The van der Waals surface area contributed by atoms with Crippen LogP contribution in [0.25, 0.3) is 11.2 Å². The summed E-state index contributed by atoms with van der Waals surface area (Å²) in [5.74, 6) is -0.0519. The highest BCUT2D eigenvalue weighted by atomic mass is 16.6. The minimum Gasteiger partial charge on any atom is -0.443 e. The van der Waals surface area contributed by atoms with Crippen LogP contribution in [0.3, 0.4) is 0 Å². The molecule has 11 heteroatoms. The summed E-state index contributed by atoms with van der Waals surface area (Å²) in [6.45, 7) is 10.1. The van der Waals surface area contributed by atoms with Gasteiger partial charge in [0.05, 0.1) is 19.0 Å². The van der Waals surface area contributed by atoms with Gasteiger partial charge in [0.1, 0.15) is 23.8 Å². The molecule has 31 heavy (non-hydrogen) atoms. The van der Waals surface area contributed by atoms with E-state index in [1.807, 2.05) is 0 Å². The van der Waals surface area contributed by atoms with Crippen molar-refractivity contribution in [1.29, 1.82) is 0 Å². The smallest absolute Gasteiger partial charge is 0.425 e. The number of anilines is 1. The lowest BCUT2D eigenvalue weighted by atomic mass is 10.2. The zero-order valence-corrected chi connectivity index (χ0v) is 18.7. The number of fused-ring (bicyclic) bond motifs is 1. The molecule has 2 aromatic heterocycles. The maximum Gasteiger partial charge on any atom is 0.425 e. The predicted molar refractivity (Wildman–Crippen MR) is 110 cm³/mol. The molecule has 1 aliphatic rings.